The number of nitriles is 1. The maximum Gasteiger partial charge on any atom is 0.163 e. The second-order valence-corrected chi connectivity index (χ2v) is 3.38. The van der Waals surface area contributed by atoms with Gasteiger partial charge in [0.2, 0.25) is 0 Å². The zero-order valence-electron chi connectivity index (χ0n) is 9.14. The Labute approximate surface area is 93.7 Å². The van der Waals surface area contributed by atoms with Crippen LogP contribution in [0.3, 0.4) is 0 Å². The number of methoxy groups -OCH3 is 1. The molecule has 0 saturated heterocycles. The highest BCUT2D eigenvalue weighted by molar-refractivity contribution is 5.62. The number of benzene rings is 1. The van der Waals surface area contributed by atoms with Crippen LogP contribution < -0.4 is 4.74 Å². The van der Waals surface area contributed by atoms with Gasteiger partial charge >= 0.3 is 0 Å². The first kappa shape index (κ1) is 10.2. The molecule has 2 aromatic rings. The van der Waals surface area contributed by atoms with Gasteiger partial charge in [-0.25, -0.2) is 0 Å². The molecule has 0 spiro atoms. The van der Waals surface area contributed by atoms with Crippen molar-refractivity contribution < 1.29 is 4.74 Å². The van der Waals surface area contributed by atoms with E-state index in [-0.39, 0.29) is 0 Å². The van der Waals surface area contributed by atoms with Crippen LogP contribution in [0.5, 0.6) is 5.75 Å². The SMILES string of the molecule is COc1cccc(-c2cc(C#N)nn2C)c1. The van der Waals surface area contributed by atoms with E-state index in [0.717, 1.165) is 17.0 Å². The Kier molecular flexibility index (Phi) is 2.61. The second-order valence-electron chi connectivity index (χ2n) is 3.38. The quantitative estimate of drug-likeness (QED) is 0.766. The van der Waals surface area contributed by atoms with Gasteiger partial charge in [0.25, 0.3) is 0 Å². The van der Waals surface area contributed by atoms with Gasteiger partial charge in [-0.15, -0.1) is 0 Å². The fourth-order valence-electron chi connectivity index (χ4n) is 1.57. The third-order valence-electron chi connectivity index (χ3n) is 2.36. The van der Waals surface area contributed by atoms with Crippen molar-refractivity contribution in [3.8, 4) is 23.1 Å². The molecular weight excluding hydrogens is 202 g/mol. The molecule has 4 heteroatoms. The first-order chi connectivity index (χ1) is 7.74. The lowest BCUT2D eigenvalue weighted by molar-refractivity contribution is 0.415. The van der Waals surface area contributed by atoms with Crippen molar-refractivity contribution in [1.82, 2.24) is 9.78 Å². The Morgan fingerprint density at radius 1 is 1.38 bits per heavy atom. The molecule has 0 atom stereocenters. The molecule has 0 aliphatic rings. The van der Waals surface area contributed by atoms with Gasteiger partial charge in [-0.1, -0.05) is 12.1 Å². The standard InChI is InChI=1S/C12H11N3O/c1-15-12(7-10(8-13)14-15)9-4-3-5-11(6-9)16-2/h3-7H,1-2H3. The molecule has 0 fully saturated rings. The van der Waals surface area contributed by atoms with E-state index >= 15 is 0 Å². The normalized spacial score (nSPS) is 9.81. The lowest BCUT2D eigenvalue weighted by Crippen LogP contribution is -1.94. The van der Waals surface area contributed by atoms with Gasteiger partial charge in [0.05, 0.1) is 12.8 Å². The molecule has 1 heterocycles. The summed E-state index contributed by atoms with van der Waals surface area (Å²) in [6, 6.07) is 11.4. The Morgan fingerprint density at radius 3 is 2.81 bits per heavy atom. The van der Waals surface area contributed by atoms with E-state index in [0.29, 0.717) is 5.69 Å². The maximum absolute atomic E-state index is 8.77. The van der Waals surface area contributed by atoms with Crippen LogP contribution in [0, 0.1) is 11.3 Å². The molecule has 1 aromatic carbocycles. The minimum absolute atomic E-state index is 0.417. The monoisotopic (exact) mass is 213 g/mol. The Hall–Kier alpha value is -2.28. The fourth-order valence-corrected chi connectivity index (χ4v) is 1.57. The first-order valence-corrected chi connectivity index (χ1v) is 4.83. The summed E-state index contributed by atoms with van der Waals surface area (Å²) in [6.45, 7) is 0. The zero-order chi connectivity index (χ0) is 11.5. The first-order valence-electron chi connectivity index (χ1n) is 4.83. The van der Waals surface area contributed by atoms with Crippen LogP contribution in [0.25, 0.3) is 11.3 Å². The Morgan fingerprint density at radius 2 is 2.19 bits per heavy atom. The number of hydrogen-bond donors (Lipinski definition) is 0. The summed E-state index contributed by atoms with van der Waals surface area (Å²) in [4.78, 5) is 0. The summed E-state index contributed by atoms with van der Waals surface area (Å²) in [5.74, 6) is 0.789. The molecule has 0 bridgehead atoms. The molecule has 0 amide bonds. The summed E-state index contributed by atoms with van der Waals surface area (Å²) >= 11 is 0. The molecule has 0 unspecified atom stereocenters. The average Bonchev–Trinajstić information content (AvgIpc) is 2.71. The van der Waals surface area contributed by atoms with E-state index in [1.165, 1.54) is 0 Å². The number of ether oxygens (including phenoxy) is 1. The number of aromatic nitrogens is 2. The molecule has 80 valence electrons. The van der Waals surface area contributed by atoms with Gasteiger partial charge in [-0.2, -0.15) is 10.4 Å². The van der Waals surface area contributed by atoms with Crippen LogP contribution in [0.1, 0.15) is 5.69 Å². The predicted octanol–water partition coefficient (Wildman–Crippen LogP) is 1.97. The minimum Gasteiger partial charge on any atom is -0.497 e. The van der Waals surface area contributed by atoms with Crippen LogP contribution in [-0.4, -0.2) is 16.9 Å². The molecular formula is C12H11N3O. The van der Waals surface area contributed by atoms with Crippen LogP contribution in [0.2, 0.25) is 0 Å². The van der Waals surface area contributed by atoms with E-state index in [2.05, 4.69) is 5.10 Å². The highest BCUT2D eigenvalue weighted by Crippen LogP contribution is 2.23. The van der Waals surface area contributed by atoms with E-state index in [9.17, 15) is 0 Å². The number of nitrogens with zero attached hydrogens (tertiary/aromatic N) is 3. The topological polar surface area (TPSA) is 50.8 Å². The maximum atomic E-state index is 8.77. The second kappa shape index (κ2) is 4.07. The van der Waals surface area contributed by atoms with E-state index in [1.54, 1.807) is 17.9 Å². The van der Waals surface area contributed by atoms with Crippen molar-refractivity contribution in [2.45, 2.75) is 0 Å². The predicted molar refractivity (Wildman–Crippen MR) is 59.9 cm³/mol. The highest BCUT2D eigenvalue weighted by Gasteiger charge is 2.07. The van der Waals surface area contributed by atoms with Gasteiger partial charge in [-0.05, 0) is 12.1 Å². The molecule has 0 saturated carbocycles. The molecule has 0 N–H and O–H groups in total. The third kappa shape index (κ3) is 1.75. The van der Waals surface area contributed by atoms with Crippen molar-refractivity contribution in [2.75, 3.05) is 7.11 Å². The van der Waals surface area contributed by atoms with Crippen LogP contribution in [0.4, 0.5) is 0 Å². The molecule has 4 nitrogen and oxygen atoms in total. The van der Waals surface area contributed by atoms with E-state index in [4.69, 9.17) is 10.00 Å². The van der Waals surface area contributed by atoms with E-state index in [1.807, 2.05) is 37.4 Å². The van der Waals surface area contributed by atoms with Crippen LogP contribution in [-0.2, 0) is 7.05 Å². The molecule has 1 aromatic heterocycles. The molecule has 16 heavy (non-hydrogen) atoms. The van der Waals surface area contributed by atoms with Crippen LogP contribution in [0.15, 0.2) is 30.3 Å². The number of rotatable bonds is 2. The summed E-state index contributed by atoms with van der Waals surface area (Å²) in [5.41, 5.74) is 2.30. The number of hydrogen-bond acceptors (Lipinski definition) is 3. The van der Waals surface area contributed by atoms with Crippen molar-refractivity contribution in [3.63, 3.8) is 0 Å². The zero-order valence-corrected chi connectivity index (χ0v) is 9.14. The third-order valence-corrected chi connectivity index (χ3v) is 2.36. The van der Waals surface area contributed by atoms with E-state index < -0.39 is 0 Å². The lowest BCUT2D eigenvalue weighted by atomic mass is 10.1. The van der Waals surface area contributed by atoms with Crippen molar-refractivity contribution in [1.29, 1.82) is 5.26 Å². The van der Waals surface area contributed by atoms with Gasteiger partial charge in [-0.3, -0.25) is 4.68 Å². The average molecular weight is 213 g/mol. The fraction of sp³-hybridized carbons (Fsp3) is 0.167. The lowest BCUT2D eigenvalue weighted by Gasteiger charge is -2.04. The van der Waals surface area contributed by atoms with Gasteiger partial charge in [0.15, 0.2) is 5.69 Å². The highest BCUT2D eigenvalue weighted by atomic mass is 16.5. The Balaban J connectivity index is 2.50. The van der Waals surface area contributed by atoms with Gasteiger partial charge in [0, 0.05) is 18.7 Å². The Bertz CT molecular complexity index is 552. The largest absolute Gasteiger partial charge is 0.497 e. The summed E-state index contributed by atoms with van der Waals surface area (Å²) < 4.78 is 6.84. The summed E-state index contributed by atoms with van der Waals surface area (Å²) in [7, 11) is 3.44. The molecule has 0 radical (unpaired) electrons. The minimum atomic E-state index is 0.417. The van der Waals surface area contributed by atoms with Crippen molar-refractivity contribution >= 4 is 0 Å². The van der Waals surface area contributed by atoms with Crippen LogP contribution >= 0.6 is 0 Å². The smallest absolute Gasteiger partial charge is 0.163 e. The van der Waals surface area contributed by atoms with Crippen molar-refractivity contribution in [3.05, 3.63) is 36.0 Å². The van der Waals surface area contributed by atoms with Gasteiger partial charge in [0.1, 0.15) is 11.8 Å². The molecule has 0 aliphatic carbocycles. The number of aryl methyl sites for hydroxylation is 1. The molecule has 2 rings (SSSR count). The van der Waals surface area contributed by atoms with Crippen molar-refractivity contribution in [2.24, 2.45) is 7.05 Å². The summed E-state index contributed by atoms with van der Waals surface area (Å²) in [5, 5.41) is 12.8. The van der Waals surface area contributed by atoms with Gasteiger partial charge < -0.3 is 4.74 Å². The summed E-state index contributed by atoms with van der Waals surface area (Å²) in [6.07, 6.45) is 0. The molecule has 0 aliphatic heterocycles.